The Morgan fingerprint density at radius 1 is 0.763 bits per heavy atom. The number of carbonyl (C=O) groups excluding carboxylic acids is 3. The Labute approximate surface area is 225 Å². The molecular formula is C31H38O7. The summed E-state index contributed by atoms with van der Waals surface area (Å²) in [6.07, 6.45) is 7.19. The van der Waals surface area contributed by atoms with Crippen LogP contribution in [0, 0.1) is 5.41 Å². The van der Waals surface area contributed by atoms with E-state index < -0.39 is 23.5 Å². The van der Waals surface area contributed by atoms with E-state index in [4.69, 9.17) is 18.9 Å². The molecule has 0 fully saturated rings. The Morgan fingerprint density at radius 2 is 1.32 bits per heavy atom. The van der Waals surface area contributed by atoms with Gasteiger partial charge in [-0.3, -0.25) is 4.79 Å². The van der Waals surface area contributed by atoms with Gasteiger partial charge in [0.15, 0.2) is 6.10 Å². The first-order chi connectivity index (χ1) is 18.3. The Balaban J connectivity index is 1.81. The normalized spacial score (nSPS) is 12.4. The van der Waals surface area contributed by atoms with Crippen LogP contribution in [-0.4, -0.2) is 50.4 Å². The van der Waals surface area contributed by atoms with Crippen molar-refractivity contribution >= 4 is 30.1 Å². The molecule has 0 spiro atoms. The molecule has 0 aromatic heterocycles. The molecule has 38 heavy (non-hydrogen) atoms. The van der Waals surface area contributed by atoms with Gasteiger partial charge >= 0.3 is 17.9 Å². The zero-order valence-electron chi connectivity index (χ0n) is 22.5. The number of hydrogen-bond donors (Lipinski definition) is 0. The van der Waals surface area contributed by atoms with Gasteiger partial charge in [-0.2, -0.15) is 0 Å². The first kappa shape index (κ1) is 30.5. The van der Waals surface area contributed by atoms with Crippen molar-refractivity contribution in [2.45, 2.75) is 46.1 Å². The summed E-state index contributed by atoms with van der Waals surface area (Å²) in [6, 6.07) is 18.7. The van der Waals surface area contributed by atoms with E-state index in [1.807, 2.05) is 81.4 Å². The highest BCUT2D eigenvalue weighted by molar-refractivity contribution is 5.88. The number of rotatable bonds is 16. The molecule has 0 aliphatic carbocycles. The lowest BCUT2D eigenvalue weighted by Crippen LogP contribution is -2.29. The van der Waals surface area contributed by atoms with Gasteiger partial charge in [0.1, 0.15) is 6.61 Å². The predicted molar refractivity (Wildman–Crippen MR) is 147 cm³/mol. The Morgan fingerprint density at radius 3 is 1.89 bits per heavy atom. The van der Waals surface area contributed by atoms with E-state index in [-0.39, 0.29) is 19.2 Å². The van der Waals surface area contributed by atoms with Gasteiger partial charge < -0.3 is 18.9 Å². The minimum absolute atomic E-state index is 0.0588. The second-order valence-electron chi connectivity index (χ2n) is 9.33. The van der Waals surface area contributed by atoms with Crippen molar-refractivity contribution in [1.82, 2.24) is 0 Å². The fraction of sp³-hybridized carbons (Fsp3) is 0.387. The molecule has 0 saturated carbocycles. The van der Waals surface area contributed by atoms with E-state index in [2.05, 4.69) is 0 Å². The maximum Gasteiger partial charge on any atom is 0.331 e. The van der Waals surface area contributed by atoms with Gasteiger partial charge in [-0.05, 0) is 56.4 Å². The number of esters is 3. The van der Waals surface area contributed by atoms with E-state index >= 15 is 0 Å². The van der Waals surface area contributed by atoms with Crippen molar-refractivity contribution in [2.75, 3.05) is 26.4 Å². The summed E-state index contributed by atoms with van der Waals surface area (Å²) in [6.45, 7) is 6.28. The number of ether oxygens (including phenoxy) is 4. The summed E-state index contributed by atoms with van der Waals surface area (Å²) < 4.78 is 21.8. The van der Waals surface area contributed by atoms with Crippen molar-refractivity contribution in [1.29, 1.82) is 0 Å². The molecule has 204 valence electrons. The second kappa shape index (κ2) is 16.9. The third kappa shape index (κ3) is 12.5. The van der Waals surface area contributed by atoms with Gasteiger partial charge in [0.05, 0.1) is 18.6 Å². The average Bonchev–Trinajstić information content (AvgIpc) is 2.93. The number of unbranched alkanes of at least 4 members (excludes halogenated alkanes) is 1. The Bertz CT molecular complexity index is 1040. The summed E-state index contributed by atoms with van der Waals surface area (Å²) in [4.78, 5) is 36.5. The smallest absolute Gasteiger partial charge is 0.331 e. The molecule has 0 amide bonds. The lowest BCUT2D eigenvalue weighted by molar-refractivity contribution is -0.156. The van der Waals surface area contributed by atoms with Crippen molar-refractivity contribution < 1.29 is 33.3 Å². The molecule has 0 aliphatic heterocycles. The molecule has 7 heteroatoms. The number of benzene rings is 2. The van der Waals surface area contributed by atoms with Crippen LogP contribution in [-0.2, 0) is 33.3 Å². The summed E-state index contributed by atoms with van der Waals surface area (Å²) in [5, 5.41) is 0. The molecule has 1 atom stereocenters. The minimum Gasteiger partial charge on any atom is -0.465 e. The third-order valence-electron chi connectivity index (χ3n) is 5.77. The topological polar surface area (TPSA) is 88.1 Å². The third-order valence-corrected chi connectivity index (χ3v) is 5.77. The van der Waals surface area contributed by atoms with Gasteiger partial charge in [-0.15, -0.1) is 0 Å². The summed E-state index contributed by atoms with van der Waals surface area (Å²) in [5.41, 5.74) is 1.24. The highest BCUT2D eigenvalue weighted by atomic mass is 16.6. The van der Waals surface area contributed by atoms with Crippen LogP contribution >= 0.6 is 0 Å². The standard InChI is InChI=1S/C31H38O7/c1-4-31(2,3)30(34)36-22-12-11-21-35-23-27(38-29(33)20-18-26-15-9-6-10-16-26)24-37-28(32)19-17-25-13-7-5-8-14-25/h5-10,13-20,27H,4,11-12,21-24H2,1-3H3/b19-17+,20-18+. The van der Waals surface area contributed by atoms with Gasteiger partial charge in [0.25, 0.3) is 0 Å². The maximum atomic E-state index is 12.4. The Hall–Kier alpha value is -3.71. The van der Waals surface area contributed by atoms with Crippen molar-refractivity contribution in [2.24, 2.45) is 5.41 Å². The molecule has 0 aliphatic rings. The Kier molecular flexibility index (Phi) is 13.6. The highest BCUT2D eigenvalue weighted by Gasteiger charge is 2.26. The molecule has 2 aromatic rings. The van der Waals surface area contributed by atoms with Crippen LogP contribution in [0.1, 0.15) is 51.2 Å². The van der Waals surface area contributed by atoms with Crippen LogP contribution in [0.2, 0.25) is 0 Å². The molecule has 0 saturated heterocycles. The van der Waals surface area contributed by atoms with Crippen LogP contribution in [0.3, 0.4) is 0 Å². The average molecular weight is 523 g/mol. The quantitative estimate of drug-likeness (QED) is 0.122. The van der Waals surface area contributed by atoms with Crippen LogP contribution in [0.15, 0.2) is 72.8 Å². The second-order valence-corrected chi connectivity index (χ2v) is 9.33. The lowest BCUT2D eigenvalue weighted by atomic mass is 9.91. The number of carbonyl (C=O) groups is 3. The predicted octanol–water partition coefficient (Wildman–Crippen LogP) is 5.64. The van der Waals surface area contributed by atoms with Gasteiger partial charge in [-0.1, -0.05) is 67.6 Å². The van der Waals surface area contributed by atoms with Crippen LogP contribution in [0.5, 0.6) is 0 Å². The zero-order chi connectivity index (χ0) is 27.6. The van der Waals surface area contributed by atoms with E-state index in [1.54, 1.807) is 12.2 Å². The molecular weight excluding hydrogens is 484 g/mol. The van der Waals surface area contributed by atoms with Crippen molar-refractivity contribution in [3.8, 4) is 0 Å². The van der Waals surface area contributed by atoms with Crippen LogP contribution < -0.4 is 0 Å². The maximum absolute atomic E-state index is 12.4. The summed E-state index contributed by atoms with van der Waals surface area (Å²) >= 11 is 0. The first-order valence-electron chi connectivity index (χ1n) is 12.9. The van der Waals surface area contributed by atoms with Crippen molar-refractivity contribution in [3.05, 3.63) is 83.9 Å². The van der Waals surface area contributed by atoms with E-state index in [1.165, 1.54) is 12.2 Å². The molecule has 2 aromatic carbocycles. The van der Waals surface area contributed by atoms with E-state index in [0.29, 0.717) is 32.5 Å². The molecule has 0 bridgehead atoms. The molecule has 2 rings (SSSR count). The van der Waals surface area contributed by atoms with Gasteiger partial charge in [0.2, 0.25) is 0 Å². The van der Waals surface area contributed by atoms with Crippen molar-refractivity contribution in [3.63, 3.8) is 0 Å². The van der Waals surface area contributed by atoms with Crippen LogP contribution in [0.25, 0.3) is 12.2 Å². The van der Waals surface area contributed by atoms with Gasteiger partial charge in [-0.25, -0.2) is 9.59 Å². The van der Waals surface area contributed by atoms with Gasteiger partial charge in [0, 0.05) is 18.8 Å². The molecule has 0 heterocycles. The van der Waals surface area contributed by atoms with E-state index in [9.17, 15) is 14.4 Å². The number of hydrogen-bond acceptors (Lipinski definition) is 7. The molecule has 1 unspecified atom stereocenters. The molecule has 0 radical (unpaired) electrons. The van der Waals surface area contributed by atoms with Crippen LogP contribution in [0.4, 0.5) is 0 Å². The largest absolute Gasteiger partial charge is 0.465 e. The first-order valence-corrected chi connectivity index (χ1v) is 12.9. The zero-order valence-corrected chi connectivity index (χ0v) is 22.5. The fourth-order valence-corrected chi connectivity index (χ4v) is 3.03. The van der Waals surface area contributed by atoms with E-state index in [0.717, 1.165) is 11.1 Å². The molecule has 0 N–H and O–H groups in total. The highest BCUT2D eigenvalue weighted by Crippen LogP contribution is 2.21. The SMILES string of the molecule is CCC(C)(C)C(=O)OCCCCOCC(COC(=O)/C=C/c1ccccc1)OC(=O)/C=C/c1ccccc1. The summed E-state index contributed by atoms with van der Waals surface area (Å²) in [7, 11) is 0. The summed E-state index contributed by atoms with van der Waals surface area (Å²) in [5.74, 6) is -1.32. The fourth-order valence-electron chi connectivity index (χ4n) is 3.03. The lowest BCUT2D eigenvalue weighted by Gasteiger charge is -2.20. The minimum atomic E-state index is -0.778. The monoisotopic (exact) mass is 522 g/mol. The molecule has 7 nitrogen and oxygen atoms in total.